The second kappa shape index (κ2) is 57.6. The Hall–Kier alpha value is -3.60. The van der Waals surface area contributed by atoms with Crippen molar-refractivity contribution in [1.82, 2.24) is 0 Å². The van der Waals surface area contributed by atoms with E-state index in [0.717, 1.165) is 128 Å². The molecule has 0 radical (unpaired) electrons. The lowest BCUT2D eigenvalue weighted by Crippen LogP contribution is -2.30. The molecule has 0 aliphatic rings. The summed E-state index contributed by atoms with van der Waals surface area (Å²) in [5, 5.41) is 9.82. The molecule has 0 rings (SSSR count). The van der Waals surface area contributed by atoms with Gasteiger partial charge in [-0.05, 0) is 96.3 Å². The first-order valence-corrected chi connectivity index (χ1v) is 31.6. The lowest BCUT2D eigenvalue weighted by atomic mass is 10.0. The Balaban J connectivity index is 4.79. The van der Waals surface area contributed by atoms with Crippen LogP contribution in [0.4, 0.5) is 0 Å². The normalized spacial score (nSPS) is 14.0. The minimum atomic E-state index is -4.76. The molecular formula is C64H109O11P. The second-order valence-electron chi connectivity index (χ2n) is 19.8. The molecule has 76 heavy (non-hydrogen) atoms. The summed E-state index contributed by atoms with van der Waals surface area (Å²) in [7, 11) is -4.76. The van der Waals surface area contributed by atoms with Crippen molar-refractivity contribution in [2.45, 2.75) is 264 Å². The van der Waals surface area contributed by atoms with Gasteiger partial charge >= 0.3 is 25.7 Å². The Morgan fingerprint density at radius 2 is 0.684 bits per heavy atom. The molecule has 0 saturated carbocycles. The van der Waals surface area contributed by atoms with Crippen molar-refractivity contribution in [1.29, 1.82) is 0 Å². The molecule has 0 aromatic rings. The van der Waals surface area contributed by atoms with Crippen LogP contribution in [0.1, 0.15) is 252 Å². The molecule has 0 aromatic heterocycles. The van der Waals surface area contributed by atoms with Gasteiger partial charge in [0.1, 0.15) is 12.7 Å². The monoisotopic (exact) mass is 1080 g/mol. The number of phosphoric acid groups is 1. The second-order valence-corrected chi connectivity index (χ2v) is 21.2. The van der Waals surface area contributed by atoms with Crippen LogP contribution >= 0.6 is 7.82 Å². The van der Waals surface area contributed by atoms with E-state index < -0.39 is 57.8 Å². The summed E-state index contributed by atoms with van der Waals surface area (Å²) in [4.78, 5) is 48.6. The van der Waals surface area contributed by atoms with Crippen molar-refractivity contribution in [3.05, 3.63) is 97.2 Å². The van der Waals surface area contributed by atoms with Gasteiger partial charge in [-0.15, -0.1) is 0 Å². The number of allylic oxidation sites excluding steroid dienone is 16. The molecule has 3 unspecified atom stereocenters. The van der Waals surface area contributed by atoms with Crippen molar-refractivity contribution in [3.8, 4) is 0 Å². The van der Waals surface area contributed by atoms with Gasteiger partial charge < -0.3 is 24.2 Å². The van der Waals surface area contributed by atoms with Crippen molar-refractivity contribution in [3.63, 3.8) is 0 Å². The summed E-state index contributed by atoms with van der Waals surface area (Å²) in [6, 6.07) is 0. The standard InChI is InChI=1S/C64H109O11P/c1-4-7-10-13-16-19-22-25-27-29-30-32-33-36-38-41-44-47-50-53-62(66)71-57-61(75-64(68)55-52-49-46-43-40-37-34-31-28-26-23-20-17-14-11-8-5-2)59-73-76(69,70)72-58-60(56-65)74-63(67)54-51-48-45-42-39-35-24-21-18-15-12-9-6-3/h7-8,10-11,16-17,19-20,25-28,30,32,36,38,60-61,65H,4-6,9,12-15,18,21-24,29,31,33-35,37,39-59H2,1-3H3,(H,69,70)/b10-7-,11-8-,19-16-,20-17-,27-25-,28-26-,32-30-,38-36-. The third kappa shape index (κ3) is 55.2. The lowest BCUT2D eigenvalue weighted by Gasteiger charge is -2.21. The Kier molecular flexibility index (Phi) is 54.8. The fourth-order valence-corrected chi connectivity index (χ4v) is 8.77. The Morgan fingerprint density at radius 1 is 0.382 bits per heavy atom. The summed E-state index contributed by atoms with van der Waals surface area (Å²) in [6.45, 7) is 4.38. The van der Waals surface area contributed by atoms with Gasteiger partial charge in [-0.3, -0.25) is 23.4 Å². The number of aliphatic hydroxyl groups excluding tert-OH is 1. The fraction of sp³-hybridized carbons (Fsp3) is 0.703. The third-order valence-corrected chi connectivity index (χ3v) is 13.5. The van der Waals surface area contributed by atoms with Gasteiger partial charge in [0, 0.05) is 19.3 Å². The van der Waals surface area contributed by atoms with Crippen molar-refractivity contribution in [2.75, 3.05) is 26.4 Å². The van der Waals surface area contributed by atoms with Crippen LogP contribution in [-0.2, 0) is 42.2 Å². The Morgan fingerprint density at radius 3 is 1.07 bits per heavy atom. The van der Waals surface area contributed by atoms with Crippen LogP contribution < -0.4 is 0 Å². The molecule has 0 amide bonds. The van der Waals surface area contributed by atoms with Gasteiger partial charge in [-0.25, -0.2) is 4.57 Å². The van der Waals surface area contributed by atoms with Gasteiger partial charge in [0.05, 0.1) is 19.8 Å². The van der Waals surface area contributed by atoms with Crippen LogP contribution in [0.15, 0.2) is 97.2 Å². The van der Waals surface area contributed by atoms with Crippen LogP contribution in [-0.4, -0.2) is 66.5 Å². The van der Waals surface area contributed by atoms with Crippen LogP contribution in [0.5, 0.6) is 0 Å². The summed E-state index contributed by atoms with van der Waals surface area (Å²) >= 11 is 0. The zero-order chi connectivity index (χ0) is 55.5. The highest BCUT2D eigenvalue weighted by molar-refractivity contribution is 7.47. The highest BCUT2D eigenvalue weighted by Crippen LogP contribution is 2.43. The Labute approximate surface area is 463 Å². The van der Waals surface area contributed by atoms with Crippen LogP contribution in [0.2, 0.25) is 0 Å². The van der Waals surface area contributed by atoms with E-state index in [1.807, 2.05) is 0 Å². The molecule has 436 valence electrons. The maximum absolute atomic E-state index is 12.9. The molecule has 0 saturated heterocycles. The molecule has 0 aromatic carbocycles. The highest BCUT2D eigenvalue weighted by atomic mass is 31.2. The molecule has 3 atom stereocenters. The zero-order valence-corrected chi connectivity index (χ0v) is 49.1. The van der Waals surface area contributed by atoms with E-state index in [1.165, 1.54) is 64.2 Å². The first-order chi connectivity index (χ1) is 37.2. The largest absolute Gasteiger partial charge is 0.472 e. The quantitative estimate of drug-likeness (QED) is 0.0197. The van der Waals surface area contributed by atoms with Crippen molar-refractivity contribution in [2.24, 2.45) is 0 Å². The first-order valence-electron chi connectivity index (χ1n) is 30.1. The topological polar surface area (TPSA) is 155 Å². The van der Waals surface area contributed by atoms with E-state index in [2.05, 4.69) is 118 Å². The molecule has 0 fully saturated rings. The number of aliphatic hydroxyl groups is 1. The summed E-state index contributed by atoms with van der Waals surface area (Å²) in [6.07, 6.45) is 67.9. The predicted molar refractivity (Wildman–Crippen MR) is 316 cm³/mol. The minimum Gasteiger partial charge on any atom is -0.462 e. The molecule has 0 heterocycles. The zero-order valence-electron chi connectivity index (χ0n) is 48.2. The van der Waals surface area contributed by atoms with Crippen molar-refractivity contribution < 1.29 is 52.2 Å². The molecule has 0 aliphatic carbocycles. The number of hydrogen-bond donors (Lipinski definition) is 2. The number of unbranched alkanes of at least 4 members (excludes halogenated alkanes) is 22. The minimum absolute atomic E-state index is 0.145. The molecule has 0 aliphatic heterocycles. The average Bonchev–Trinajstić information content (AvgIpc) is 3.41. The van der Waals surface area contributed by atoms with E-state index in [1.54, 1.807) is 0 Å². The summed E-state index contributed by atoms with van der Waals surface area (Å²) in [5.74, 6) is -1.51. The molecule has 0 spiro atoms. The summed E-state index contributed by atoms with van der Waals surface area (Å²) < 4.78 is 39.6. The van der Waals surface area contributed by atoms with Crippen LogP contribution in [0.3, 0.4) is 0 Å². The number of phosphoric ester groups is 1. The maximum Gasteiger partial charge on any atom is 0.472 e. The third-order valence-electron chi connectivity index (χ3n) is 12.5. The van der Waals surface area contributed by atoms with Gasteiger partial charge in [-0.1, -0.05) is 234 Å². The predicted octanol–water partition coefficient (Wildman–Crippen LogP) is 18.0. The number of ether oxygens (including phenoxy) is 3. The highest BCUT2D eigenvalue weighted by Gasteiger charge is 2.28. The summed E-state index contributed by atoms with van der Waals surface area (Å²) in [5.41, 5.74) is 0. The lowest BCUT2D eigenvalue weighted by molar-refractivity contribution is -0.161. The van der Waals surface area contributed by atoms with E-state index in [4.69, 9.17) is 23.3 Å². The fourth-order valence-electron chi connectivity index (χ4n) is 7.99. The molecule has 11 nitrogen and oxygen atoms in total. The van der Waals surface area contributed by atoms with Crippen molar-refractivity contribution >= 4 is 25.7 Å². The molecule has 2 N–H and O–H groups in total. The van der Waals surface area contributed by atoms with Crippen LogP contribution in [0, 0.1) is 0 Å². The SMILES string of the molecule is CC/C=C\C/C=C\C/C=C\C/C=C\C/C=C\CCCCCC(=O)OCC(COP(=O)(O)OCC(CO)OC(=O)CCCCCCCCCCCCCCC)OC(=O)CCCCCCCCC/C=C\C/C=C\C/C=C\CC. The molecule has 0 bridgehead atoms. The first kappa shape index (κ1) is 72.4. The van der Waals surface area contributed by atoms with Gasteiger partial charge in [0.2, 0.25) is 0 Å². The van der Waals surface area contributed by atoms with Crippen LogP contribution in [0.25, 0.3) is 0 Å². The number of hydrogen-bond acceptors (Lipinski definition) is 10. The maximum atomic E-state index is 12.9. The van der Waals surface area contributed by atoms with Gasteiger partial charge in [0.15, 0.2) is 6.10 Å². The van der Waals surface area contributed by atoms with Gasteiger partial charge in [-0.2, -0.15) is 0 Å². The average molecular weight is 1090 g/mol. The van der Waals surface area contributed by atoms with E-state index in [0.29, 0.717) is 19.3 Å². The Bertz CT molecular complexity index is 1640. The smallest absolute Gasteiger partial charge is 0.462 e. The number of esters is 3. The number of carbonyl (C=O) groups excluding carboxylic acids is 3. The van der Waals surface area contributed by atoms with E-state index in [-0.39, 0.29) is 25.9 Å². The molecular weight excluding hydrogens is 976 g/mol. The number of rotatable bonds is 55. The van der Waals surface area contributed by atoms with Gasteiger partial charge in [0.25, 0.3) is 0 Å². The van der Waals surface area contributed by atoms with E-state index >= 15 is 0 Å². The van der Waals surface area contributed by atoms with E-state index in [9.17, 15) is 28.9 Å². The number of carbonyl (C=O) groups is 3. The molecule has 12 heteroatoms.